The fourth-order valence-electron chi connectivity index (χ4n) is 1.40. The van der Waals surface area contributed by atoms with Crippen molar-refractivity contribution in [3.05, 3.63) is 35.9 Å². The van der Waals surface area contributed by atoms with Crippen LogP contribution in [0.1, 0.15) is 17.3 Å². The first kappa shape index (κ1) is 12.9. The molecule has 0 atom stereocenters. The van der Waals surface area contributed by atoms with Gasteiger partial charge in [0, 0.05) is 18.7 Å². The summed E-state index contributed by atoms with van der Waals surface area (Å²) >= 11 is 0. The highest BCUT2D eigenvalue weighted by atomic mass is 16.5. The summed E-state index contributed by atoms with van der Waals surface area (Å²) in [6, 6.07) is 9.37. The van der Waals surface area contributed by atoms with E-state index in [9.17, 15) is 4.79 Å². The summed E-state index contributed by atoms with van der Waals surface area (Å²) in [6.45, 7) is 4.59. The zero-order valence-electron chi connectivity index (χ0n) is 9.98. The molecule has 0 aliphatic heterocycles. The summed E-state index contributed by atoms with van der Waals surface area (Å²) in [6.07, 6.45) is 0. The molecule has 3 heteroatoms. The van der Waals surface area contributed by atoms with Gasteiger partial charge in [0.2, 0.25) is 0 Å². The maximum absolute atomic E-state index is 11.8. The fraction of sp³-hybridized carbons (Fsp3) is 0.462. The van der Waals surface area contributed by atoms with Crippen LogP contribution in [-0.2, 0) is 4.74 Å². The minimum absolute atomic E-state index is 0.152. The van der Waals surface area contributed by atoms with Crippen molar-refractivity contribution in [1.82, 2.24) is 4.90 Å². The van der Waals surface area contributed by atoms with Crippen molar-refractivity contribution in [2.24, 2.45) is 0 Å². The highest BCUT2D eigenvalue weighted by Crippen LogP contribution is 2.00. The van der Waals surface area contributed by atoms with E-state index in [0.29, 0.717) is 13.2 Å². The normalized spacial score (nSPS) is 10.7. The zero-order valence-corrected chi connectivity index (χ0v) is 9.98. The number of Topliss-reactive ketones (excluding diaryl/α,β-unsaturated/α-hetero) is 1. The van der Waals surface area contributed by atoms with Crippen LogP contribution >= 0.6 is 0 Å². The number of ketones is 1. The Hall–Kier alpha value is -1.19. The third kappa shape index (κ3) is 4.55. The van der Waals surface area contributed by atoms with Gasteiger partial charge in [0.15, 0.2) is 5.78 Å². The molecule has 1 rings (SSSR count). The second-order valence-electron chi connectivity index (χ2n) is 3.72. The summed E-state index contributed by atoms with van der Waals surface area (Å²) in [4.78, 5) is 13.8. The Kier molecular flexibility index (Phi) is 5.75. The van der Waals surface area contributed by atoms with E-state index in [4.69, 9.17) is 4.74 Å². The smallest absolute Gasteiger partial charge is 0.176 e. The van der Waals surface area contributed by atoms with E-state index in [1.165, 1.54) is 0 Å². The highest BCUT2D eigenvalue weighted by Gasteiger charge is 2.08. The molecule has 0 aromatic heterocycles. The van der Waals surface area contributed by atoms with Crippen molar-refractivity contribution in [2.75, 3.05) is 33.4 Å². The van der Waals surface area contributed by atoms with Gasteiger partial charge in [-0.15, -0.1) is 0 Å². The Labute approximate surface area is 97.0 Å². The molecule has 3 nitrogen and oxygen atoms in total. The molecule has 0 bridgehead atoms. The van der Waals surface area contributed by atoms with E-state index >= 15 is 0 Å². The molecule has 16 heavy (non-hydrogen) atoms. The predicted molar refractivity (Wildman–Crippen MR) is 64.8 cm³/mol. The van der Waals surface area contributed by atoms with Crippen molar-refractivity contribution in [1.29, 1.82) is 0 Å². The zero-order chi connectivity index (χ0) is 11.8. The van der Waals surface area contributed by atoms with Crippen LogP contribution in [0.5, 0.6) is 0 Å². The topological polar surface area (TPSA) is 29.5 Å². The maximum Gasteiger partial charge on any atom is 0.176 e. The van der Waals surface area contributed by atoms with Crippen molar-refractivity contribution in [3.8, 4) is 0 Å². The largest absolute Gasteiger partial charge is 0.380 e. The van der Waals surface area contributed by atoms with Gasteiger partial charge in [-0.05, 0) is 14.0 Å². The van der Waals surface area contributed by atoms with Crippen molar-refractivity contribution >= 4 is 5.78 Å². The summed E-state index contributed by atoms with van der Waals surface area (Å²) in [5.41, 5.74) is 0.769. The summed E-state index contributed by atoms with van der Waals surface area (Å²) < 4.78 is 5.24. The molecule has 0 fully saturated rings. The van der Waals surface area contributed by atoms with E-state index in [-0.39, 0.29) is 5.78 Å². The van der Waals surface area contributed by atoms with Crippen LogP contribution in [0, 0.1) is 0 Å². The molecular formula is C13H19NO2. The first-order valence-corrected chi connectivity index (χ1v) is 5.58. The average molecular weight is 221 g/mol. The van der Waals surface area contributed by atoms with Crippen molar-refractivity contribution < 1.29 is 9.53 Å². The van der Waals surface area contributed by atoms with E-state index in [2.05, 4.69) is 0 Å². The minimum atomic E-state index is 0.152. The van der Waals surface area contributed by atoms with Gasteiger partial charge in [0.1, 0.15) is 0 Å². The molecule has 0 heterocycles. The number of hydrogen-bond acceptors (Lipinski definition) is 3. The number of likely N-dealkylation sites (N-methyl/N-ethyl adjacent to an activating group) is 1. The van der Waals surface area contributed by atoms with Crippen LogP contribution in [-0.4, -0.2) is 44.0 Å². The Morgan fingerprint density at radius 1 is 1.31 bits per heavy atom. The molecule has 0 amide bonds. The van der Waals surface area contributed by atoms with Gasteiger partial charge in [-0.25, -0.2) is 0 Å². The monoisotopic (exact) mass is 221 g/mol. The fourth-order valence-corrected chi connectivity index (χ4v) is 1.40. The van der Waals surface area contributed by atoms with Gasteiger partial charge in [0.05, 0.1) is 13.2 Å². The minimum Gasteiger partial charge on any atom is -0.380 e. The van der Waals surface area contributed by atoms with Gasteiger partial charge < -0.3 is 4.74 Å². The Morgan fingerprint density at radius 3 is 2.62 bits per heavy atom. The number of nitrogens with zero attached hydrogens (tertiary/aromatic N) is 1. The molecule has 1 aromatic rings. The van der Waals surface area contributed by atoms with Crippen LogP contribution in [0.15, 0.2) is 30.3 Å². The standard InChI is InChI=1S/C13H19NO2/c1-3-16-10-9-14(2)11-13(15)12-7-5-4-6-8-12/h4-8H,3,9-11H2,1-2H3. The molecular weight excluding hydrogens is 202 g/mol. The van der Waals surface area contributed by atoms with Crippen LogP contribution in [0.2, 0.25) is 0 Å². The van der Waals surface area contributed by atoms with Gasteiger partial charge in [-0.3, -0.25) is 9.69 Å². The summed E-state index contributed by atoms with van der Waals surface area (Å²) in [7, 11) is 1.93. The molecule has 0 aliphatic rings. The summed E-state index contributed by atoms with van der Waals surface area (Å²) in [5.74, 6) is 0.152. The van der Waals surface area contributed by atoms with E-state index in [1.807, 2.05) is 49.2 Å². The van der Waals surface area contributed by atoms with Gasteiger partial charge in [0.25, 0.3) is 0 Å². The number of ether oxygens (including phenoxy) is 1. The Morgan fingerprint density at radius 2 is 2.00 bits per heavy atom. The Bertz CT molecular complexity index is 311. The first-order valence-electron chi connectivity index (χ1n) is 5.58. The molecule has 88 valence electrons. The highest BCUT2D eigenvalue weighted by molar-refractivity contribution is 5.97. The molecule has 1 aromatic carbocycles. The van der Waals surface area contributed by atoms with Crippen LogP contribution in [0.3, 0.4) is 0 Å². The molecule has 0 unspecified atom stereocenters. The van der Waals surface area contributed by atoms with Crippen LogP contribution < -0.4 is 0 Å². The lowest BCUT2D eigenvalue weighted by Crippen LogP contribution is -2.29. The first-order chi connectivity index (χ1) is 7.74. The molecule has 0 saturated carbocycles. The lowest BCUT2D eigenvalue weighted by Gasteiger charge is -2.15. The lowest BCUT2D eigenvalue weighted by atomic mass is 10.1. The Balaban J connectivity index is 2.34. The number of carbonyl (C=O) groups is 1. The quantitative estimate of drug-likeness (QED) is 0.520. The second kappa shape index (κ2) is 7.14. The maximum atomic E-state index is 11.8. The van der Waals surface area contributed by atoms with Crippen LogP contribution in [0.25, 0.3) is 0 Å². The van der Waals surface area contributed by atoms with Crippen molar-refractivity contribution in [3.63, 3.8) is 0 Å². The SMILES string of the molecule is CCOCCN(C)CC(=O)c1ccccc1. The van der Waals surface area contributed by atoms with Gasteiger partial charge >= 0.3 is 0 Å². The number of hydrogen-bond donors (Lipinski definition) is 0. The lowest BCUT2D eigenvalue weighted by molar-refractivity contribution is 0.0897. The third-order valence-electron chi connectivity index (χ3n) is 2.33. The average Bonchev–Trinajstić information content (AvgIpc) is 2.30. The molecule has 0 N–H and O–H groups in total. The van der Waals surface area contributed by atoms with Gasteiger partial charge in [-0.2, -0.15) is 0 Å². The summed E-state index contributed by atoms with van der Waals surface area (Å²) in [5, 5.41) is 0. The van der Waals surface area contributed by atoms with Crippen LogP contribution in [0.4, 0.5) is 0 Å². The van der Waals surface area contributed by atoms with E-state index < -0.39 is 0 Å². The molecule has 0 radical (unpaired) electrons. The van der Waals surface area contributed by atoms with E-state index in [1.54, 1.807) is 0 Å². The third-order valence-corrected chi connectivity index (χ3v) is 2.33. The molecule has 0 aliphatic carbocycles. The second-order valence-corrected chi connectivity index (χ2v) is 3.72. The van der Waals surface area contributed by atoms with Crippen molar-refractivity contribution in [2.45, 2.75) is 6.92 Å². The van der Waals surface area contributed by atoms with Gasteiger partial charge in [-0.1, -0.05) is 30.3 Å². The molecule has 0 saturated heterocycles. The number of benzene rings is 1. The number of rotatable bonds is 7. The predicted octanol–water partition coefficient (Wildman–Crippen LogP) is 1.84. The van der Waals surface area contributed by atoms with E-state index in [0.717, 1.165) is 18.7 Å². The number of carbonyl (C=O) groups excluding carboxylic acids is 1. The molecule has 0 spiro atoms.